The summed E-state index contributed by atoms with van der Waals surface area (Å²) in [5.74, 6) is -0.292. The van der Waals surface area contributed by atoms with Crippen molar-refractivity contribution < 1.29 is 9.53 Å². The highest BCUT2D eigenvalue weighted by atomic mass is 16.5. The summed E-state index contributed by atoms with van der Waals surface area (Å²) in [6.07, 6.45) is 3.43. The number of H-pyrrole nitrogens is 1. The second kappa shape index (κ2) is 4.87. The number of allylic oxidation sites excluding steroid dienone is 1. The molecule has 17 heavy (non-hydrogen) atoms. The molecule has 0 spiro atoms. The molecular formula is C14H15NO2. The van der Waals surface area contributed by atoms with Crippen LogP contribution in [0.15, 0.2) is 36.5 Å². The third kappa shape index (κ3) is 2.56. The zero-order chi connectivity index (χ0) is 12.3. The first kappa shape index (κ1) is 11.5. The molecule has 3 heteroatoms. The van der Waals surface area contributed by atoms with Crippen LogP contribution in [0.2, 0.25) is 0 Å². The number of aromatic amines is 1. The van der Waals surface area contributed by atoms with Crippen LogP contribution in [0.4, 0.5) is 0 Å². The van der Waals surface area contributed by atoms with Gasteiger partial charge in [0.25, 0.3) is 0 Å². The van der Waals surface area contributed by atoms with Crippen molar-refractivity contribution in [1.82, 2.24) is 4.98 Å². The molecule has 1 heterocycles. The summed E-state index contributed by atoms with van der Waals surface area (Å²) in [5.41, 5.74) is 3.04. The molecule has 0 fully saturated rings. The van der Waals surface area contributed by atoms with E-state index < -0.39 is 0 Å². The number of aromatic nitrogens is 1. The molecule has 0 saturated carbocycles. The summed E-state index contributed by atoms with van der Waals surface area (Å²) in [6.45, 7) is 4.11. The predicted molar refractivity (Wildman–Crippen MR) is 68.6 cm³/mol. The van der Waals surface area contributed by atoms with Crippen LogP contribution >= 0.6 is 0 Å². The Morgan fingerprint density at radius 3 is 3.00 bits per heavy atom. The maximum Gasteiger partial charge on any atom is 0.331 e. The van der Waals surface area contributed by atoms with Gasteiger partial charge in [0, 0.05) is 17.8 Å². The molecule has 0 unspecified atom stereocenters. The largest absolute Gasteiger partial charge is 0.463 e. The lowest BCUT2D eigenvalue weighted by Gasteiger charge is -2.02. The molecule has 0 atom stereocenters. The van der Waals surface area contributed by atoms with E-state index in [9.17, 15) is 4.79 Å². The van der Waals surface area contributed by atoms with Crippen LogP contribution in [0.1, 0.15) is 19.4 Å². The monoisotopic (exact) mass is 229 g/mol. The standard InChI is InChI=1S/C14H15NO2/c1-3-17-14(16)8-10(2)11-4-5-13-12(9-11)6-7-15-13/h4-9,15H,3H2,1-2H3. The summed E-state index contributed by atoms with van der Waals surface area (Å²) in [7, 11) is 0. The fourth-order valence-corrected chi connectivity index (χ4v) is 1.74. The third-order valence-corrected chi connectivity index (χ3v) is 2.63. The zero-order valence-corrected chi connectivity index (χ0v) is 9.99. The molecular weight excluding hydrogens is 214 g/mol. The maximum absolute atomic E-state index is 11.3. The Bertz CT molecular complexity index is 566. The summed E-state index contributed by atoms with van der Waals surface area (Å²) in [5, 5.41) is 1.14. The molecule has 0 saturated heterocycles. The van der Waals surface area contributed by atoms with Crippen molar-refractivity contribution in [2.75, 3.05) is 6.61 Å². The van der Waals surface area contributed by atoms with Gasteiger partial charge in [-0.25, -0.2) is 4.79 Å². The quantitative estimate of drug-likeness (QED) is 0.649. The average molecular weight is 229 g/mol. The molecule has 1 aromatic heterocycles. The Labute approximate surface area is 100 Å². The Kier molecular flexibility index (Phi) is 3.28. The normalized spacial score (nSPS) is 11.8. The number of nitrogens with one attached hydrogen (secondary N) is 1. The van der Waals surface area contributed by atoms with E-state index in [0.29, 0.717) is 6.61 Å². The Balaban J connectivity index is 2.29. The topological polar surface area (TPSA) is 42.1 Å². The Hall–Kier alpha value is -2.03. The van der Waals surface area contributed by atoms with Crippen LogP contribution < -0.4 is 0 Å². The number of carbonyl (C=O) groups is 1. The van der Waals surface area contributed by atoms with E-state index in [1.54, 1.807) is 6.92 Å². The van der Waals surface area contributed by atoms with Gasteiger partial charge < -0.3 is 9.72 Å². The number of esters is 1. The number of rotatable bonds is 3. The predicted octanol–water partition coefficient (Wildman–Crippen LogP) is 3.13. The second-order valence-corrected chi connectivity index (χ2v) is 3.86. The highest BCUT2D eigenvalue weighted by Gasteiger charge is 2.02. The molecule has 3 nitrogen and oxygen atoms in total. The minimum Gasteiger partial charge on any atom is -0.463 e. The molecule has 2 rings (SSSR count). The van der Waals surface area contributed by atoms with Gasteiger partial charge in [-0.3, -0.25) is 0 Å². The molecule has 2 aromatic rings. The van der Waals surface area contributed by atoms with Gasteiger partial charge in [0.2, 0.25) is 0 Å². The van der Waals surface area contributed by atoms with Crippen molar-refractivity contribution in [3.8, 4) is 0 Å². The zero-order valence-electron chi connectivity index (χ0n) is 9.99. The second-order valence-electron chi connectivity index (χ2n) is 3.86. The molecule has 0 aliphatic rings. The Morgan fingerprint density at radius 2 is 2.24 bits per heavy atom. The van der Waals surface area contributed by atoms with Crippen LogP contribution in [0.3, 0.4) is 0 Å². The van der Waals surface area contributed by atoms with E-state index in [4.69, 9.17) is 4.74 Å². The van der Waals surface area contributed by atoms with Gasteiger partial charge in [0.1, 0.15) is 0 Å². The van der Waals surface area contributed by atoms with Gasteiger partial charge in [-0.15, -0.1) is 0 Å². The molecule has 0 radical (unpaired) electrons. The number of ether oxygens (including phenoxy) is 1. The van der Waals surface area contributed by atoms with E-state index in [1.807, 2.05) is 31.3 Å². The van der Waals surface area contributed by atoms with Gasteiger partial charge in [0.05, 0.1) is 6.61 Å². The number of benzene rings is 1. The Morgan fingerprint density at radius 1 is 1.41 bits per heavy atom. The van der Waals surface area contributed by atoms with E-state index in [0.717, 1.165) is 22.0 Å². The highest BCUT2D eigenvalue weighted by Crippen LogP contribution is 2.20. The first-order chi connectivity index (χ1) is 8.20. The first-order valence-electron chi connectivity index (χ1n) is 5.63. The third-order valence-electron chi connectivity index (χ3n) is 2.63. The highest BCUT2D eigenvalue weighted by molar-refractivity contribution is 5.92. The number of hydrogen-bond acceptors (Lipinski definition) is 2. The molecule has 1 N–H and O–H groups in total. The lowest BCUT2D eigenvalue weighted by atomic mass is 10.1. The van der Waals surface area contributed by atoms with Gasteiger partial charge in [-0.05, 0) is 48.6 Å². The smallest absolute Gasteiger partial charge is 0.331 e. The number of hydrogen-bond donors (Lipinski definition) is 1. The van der Waals surface area contributed by atoms with E-state index in [1.165, 1.54) is 6.08 Å². The van der Waals surface area contributed by atoms with E-state index in [-0.39, 0.29) is 5.97 Å². The molecule has 88 valence electrons. The molecule has 0 amide bonds. The maximum atomic E-state index is 11.3. The van der Waals surface area contributed by atoms with Gasteiger partial charge >= 0.3 is 5.97 Å². The first-order valence-corrected chi connectivity index (χ1v) is 5.63. The summed E-state index contributed by atoms with van der Waals surface area (Å²) < 4.78 is 4.89. The van der Waals surface area contributed by atoms with Gasteiger partial charge in [-0.1, -0.05) is 6.07 Å². The van der Waals surface area contributed by atoms with E-state index in [2.05, 4.69) is 11.1 Å². The lowest BCUT2D eigenvalue weighted by Crippen LogP contribution is -2.00. The molecule has 1 aromatic carbocycles. The summed E-state index contributed by atoms with van der Waals surface area (Å²) >= 11 is 0. The van der Waals surface area contributed by atoms with Crippen molar-refractivity contribution in [2.24, 2.45) is 0 Å². The van der Waals surface area contributed by atoms with Gasteiger partial charge in [-0.2, -0.15) is 0 Å². The fraction of sp³-hybridized carbons (Fsp3) is 0.214. The lowest BCUT2D eigenvalue weighted by molar-refractivity contribution is -0.137. The summed E-state index contributed by atoms with van der Waals surface area (Å²) in [6, 6.07) is 8.06. The van der Waals surface area contributed by atoms with Crippen molar-refractivity contribution in [3.63, 3.8) is 0 Å². The minimum atomic E-state index is -0.292. The SMILES string of the molecule is CCOC(=O)C=C(C)c1ccc2[nH]ccc2c1. The van der Waals surface area contributed by atoms with Crippen molar-refractivity contribution in [3.05, 3.63) is 42.1 Å². The molecule has 0 bridgehead atoms. The minimum absolute atomic E-state index is 0.292. The fourth-order valence-electron chi connectivity index (χ4n) is 1.74. The molecule has 0 aliphatic heterocycles. The average Bonchev–Trinajstić information content (AvgIpc) is 2.75. The van der Waals surface area contributed by atoms with Gasteiger partial charge in [0.15, 0.2) is 0 Å². The van der Waals surface area contributed by atoms with Crippen LogP contribution in [0, 0.1) is 0 Å². The van der Waals surface area contributed by atoms with Crippen LogP contribution in [0.25, 0.3) is 16.5 Å². The number of carbonyl (C=O) groups excluding carboxylic acids is 1. The van der Waals surface area contributed by atoms with Crippen molar-refractivity contribution >= 4 is 22.4 Å². The number of fused-ring (bicyclic) bond motifs is 1. The van der Waals surface area contributed by atoms with Crippen molar-refractivity contribution in [2.45, 2.75) is 13.8 Å². The van der Waals surface area contributed by atoms with Crippen LogP contribution in [-0.2, 0) is 9.53 Å². The van der Waals surface area contributed by atoms with Crippen LogP contribution in [0.5, 0.6) is 0 Å². The van der Waals surface area contributed by atoms with Crippen LogP contribution in [-0.4, -0.2) is 17.6 Å². The van der Waals surface area contributed by atoms with E-state index >= 15 is 0 Å². The summed E-state index contributed by atoms with van der Waals surface area (Å²) in [4.78, 5) is 14.5. The van der Waals surface area contributed by atoms with Crippen molar-refractivity contribution in [1.29, 1.82) is 0 Å². The molecule has 0 aliphatic carbocycles.